The number of para-hydroxylation sites is 3. The Morgan fingerprint density at radius 3 is 2.59 bits per heavy atom. The third-order valence-electron chi connectivity index (χ3n) is 5.35. The summed E-state index contributed by atoms with van der Waals surface area (Å²) >= 11 is 0. The molecule has 6 nitrogen and oxygen atoms in total. The number of nitrogens with zero attached hydrogens (tertiary/aromatic N) is 2. The van der Waals surface area contributed by atoms with Crippen LogP contribution in [0.3, 0.4) is 0 Å². The lowest BCUT2D eigenvalue weighted by Gasteiger charge is -2.32. The van der Waals surface area contributed by atoms with Gasteiger partial charge in [0.2, 0.25) is 5.91 Å². The van der Waals surface area contributed by atoms with Crippen LogP contribution in [0.1, 0.15) is 12.8 Å². The molecule has 1 N–H and O–H groups in total. The van der Waals surface area contributed by atoms with E-state index >= 15 is 0 Å². The molecular weight excluding hydrogens is 342 g/mol. The van der Waals surface area contributed by atoms with Crippen LogP contribution in [0.2, 0.25) is 0 Å². The van der Waals surface area contributed by atoms with Crippen LogP contribution in [0, 0.1) is 5.92 Å². The summed E-state index contributed by atoms with van der Waals surface area (Å²) in [6.45, 7) is 1.03. The number of piperidine rings is 1. The predicted molar refractivity (Wildman–Crippen MR) is 103 cm³/mol. The molecule has 3 aliphatic rings. The Hall–Kier alpha value is -3.02. The molecule has 3 aliphatic heterocycles. The first kappa shape index (κ1) is 17.4. The monoisotopic (exact) mass is 365 g/mol. The van der Waals surface area contributed by atoms with E-state index in [2.05, 4.69) is 5.32 Å². The third kappa shape index (κ3) is 3.60. The van der Waals surface area contributed by atoms with Crippen LogP contribution in [0.5, 0.6) is 11.5 Å². The SMILES string of the molecule is CN1C(=O)[C@H]2CC[C@@H]1CN(C(=O)Nc1ccccc1Oc1ccccc1)C2. The number of likely N-dealkylation sites (N-methyl/N-ethyl adjacent to an activating group) is 1. The summed E-state index contributed by atoms with van der Waals surface area (Å²) in [5, 5.41) is 2.96. The highest BCUT2D eigenvalue weighted by Gasteiger charge is 2.40. The van der Waals surface area contributed by atoms with Gasteiger partial charge in [-0.15, -0.1) is 0 Å². The van der Waals surface area contributed by atoms with Crippen molar-refractivity contribution in [1.82, 2.24) is 9.80 Å². The third-order valence-corrected chi connectivity index (χ3v) is 5.35. The van der Waals surface area contributed by atoms with Crippen molar-refractivity contribution in [2.75, 3.05) is 25.5 Å². The van der Waals surface area contributed by atoms with E-state index in [0.29, 0.717) is 30.3 Å². The molecule has 2 bridgehead atoms. The summed E-state index contributed by atoms with van der Waals surface area (Å²) in [6, 6.07) is 16.7. The van der Waals surface area contributed by atoms with E-state index in [1.807, 2.05) is 61.6 Å². The molecule has 0 unspecified atom stereocenters. The number of urea groups is 1. The Labute approximate surface area is 158 Å². The van der Waals surface area contributed by atoms with Crippen LogP contribution in [0.15, 0.2) is 54.6 Å². The Morgan fingerprint density at radius 2 is 1.78 bits per heavy atom. The van der Waals surface area contributed by atoms with Crippen LogP contribution in [0.25, 0.3) is 0 Å². The highest BCUT2D eigenvalue weighted by Crippen LogP contribution is 2.31. The van der Waals surface area contributed by atoms with Crippen LogP contribution in [-0.2, 0) is 4.79 Å². The number of anilines is 1. The molecule has 0 aromatic heterocycles. The molecule has 5 rings (SSSR count). The van der Waals surface area contributed by atoms with E-state index in [1.165, 1.54) is 0 Å². The van der Waals surface area contributed by atoms with Gasteiger partial charge in [-0.25, -0.2) is 4.79 Å². The van der Waals surface area contributed by atoms with Gasteiger partial charge in [0.1, 0.15) is 5.75 Å². The zero-order valence-corrected chi connectivity index (χ0v) is 15.3. The predicted octanol–water partition coefficient (Wildman–Crippen LogP) is 3.56. The molecule has 0 aliphatic carbocycles. The fourth-order valence-electron chi connectivity index (χ4n) is 3.79. The Bertz CT molecular complexity index is 840. The molecule has 6 heteroatoms. The minimum atomic E-state index is -0.195. The molecule has 27 heavy (non-hydrogen) atoms. The molecule has 2 aromatic carbocycles. The number of fused-ring (bicyclic) bond motifs is 4. The summed E-state index contributed by atoms with van der Waals surface area (Å²) in [5.41, 5.74) is 0.614. The summed E-state index contributed by atoms with van der Waals surface area (Å²) < 4.78 is 5.92. The van der Waals surface area contributed by atoms with Gasteiger partial charge < -0.3 is 19.9 Å². The van der Waals surface area contributed by atoms with Crippen molar-refractivity contribution in [2.24, 2.45) is 5.92 Å². The number of carbonyl (C=O) groups excluding carboxylic acids is 2. The highest BCUT2D eigenvalue weighted by atomic mass is 16.5. The first-order chi connectivity index (χ1) is 13.1. The first-order valence-corrected chi connectivity index (χ1v) is 9.26. The van der Waals surface area contributed by atoms with Crippen LogP contribution >= 0.6 is 0 Å². The lowest BCUT2D eigenvalue weighted by Crippen LogP contribution is -2.45. The maximum atomic E-state index is 12.9. The summed E-state index contributed by atoms with van der Waals surface area (Å²) in [6.07, 6.45) is 1.80. The average molecular weight is 365 g/mol. The second-order valence-corrected chi connectivity index (χ2v) is 7.12. The van der Waals surface area contributed by atoms with Crippen molar-refractivity contribution in [3.63, 3.8) is 0 Å². The van der Waals surface area contributed by atoms with Crippen LogP contribution in [-0.4, -0.2) is 47.9 Å². The van der Waals surface area contributed by atoms with E-state index in [4.69, 9.17) is 4.74 Å². The Balaban J connectivity index is 1.50. The lowest BCUT2D eigenvalue weighted by atomic mass is 9.95. The molecule has 0 radical (unpaired) electrons. The van der Waals surface area contributed by atoms with Crippen molar-refractivity contribution >= 4 is 17.6 Å². The van der Waals surface area contributed by atoms with Gasteiger partial charge in [0.25, 0.3) is 0 Å². The van der Waals surface area contributed by atoms with Crippen molar-refractivity contribution in [3.8, 4) is 11.5 Å². The second kappa shape index (κ2) is 7.31. The van der Waals surface area contributed by atoms with Gasteiger partial charge in [-0.2, -0.15) is 0 Å². The lowest BCUT2D eigenvalue weighted by molar-refractivity contribution is -0.138. The van der Waals surface area contributed by atoms with Gasteiger partial charge in [0.15, 0.2) is 5.75 Å². The number of nitrogens with one attached hydrogen (secondary N) is 1. The molecule has 2 atom stereocenters. The minimum Gasteiger partial charge on any atom is -0.455 e. The molecule has 0 saturated carbocycles. The van der Waals surface area contributed by atoms with Crippen molar-refractivity contribution in [3.05, 3.63) is 54.6 Å². The molecule has 3 heterocycles. The number of carbonyl (C=O) groups is 2. The fourth-order valence-corrected chi connectivity index (χ4v) is 3.79. The molecule has 3 fully saturated rings. The molecule has 2 aromatic rings. The number of hydrogen-bond acceptors (Lipinski definition) is 3. The number of benzene rings is 2. The molecule has 140 valence electrons. The van der Waals surface area contributed by atoms with Gasteiger partial charge >= 0.3 is 6.03 Å². The summed E-state index contributed by atoms with van der Waals surface area (Å²) in [7, 11) is 1.84. The Kier molecular flexibility index (Phi) is 4.71. The number of hydrogen-bond donors (Lipinski definition) is 1. The minimum absolute atomic E-state index is 0.0952. The average Bonchev–Trinajstić information content (AvgIpc) is 2.97. The van der Waals surface area contributed by atoms with E-state index in [1.54, 1.807) is 9.80 Å². The Morgan fingerprint density at radius 1 is 1.04 bits per heavy atom. The molecule has 0 spiro atoms. The normalized spacial score (nSPS) is 21.7. The number of ether oxygens (including phenoxy) is 1. The smallest absolute Gasteiger partial charge is 0.322 e. The molecule has 3 saturated heterocycles. The van der Waals surface area contributed by atoms with Crippen LogP contribution < -0.4 is 10.1 Å². The number of rotatable bonds is 3. The highest BCUT2D eigenvalue weighted by molar-refractivity contribution is 5.92. The zero-order valence-electron chi connectivity index (χ0n) is 15.3. The van der Waals surface area contributed by atoms with Crippen molar-refractivity contribution in [2.45, 2.75) is 18.9 Å². The summed E-state index contributed by atoms with van der Waals surface area (Å²) in [5.74, 6) is 1.34. The second-order valence-electron chi connectivity index (χ2n) is 7.12. The van der Waals surface area contributed by atoms with Gasteiger partial charge in [-0.3, -0.25) is 4.79 Å². The zero-order chi connectivity index (χ0) is 18.8. The maximum absolute atomic E-state index is 12.9. The van der Waals surface area contributed by atoms with E-state index in [0.717, 1.165) is 12.8 Å². The van der Waals surface area contributed by atoms with E-state index < -0.39 is 0 Å². The topological polar surface area (TPSA) is 61.9 Å². The van der Waals surface area contributed by atoms with Gasteiger partial charge in [-0.05, 0) is 37.1 Å². The quantitative estimate of drug-likeness (QED) is 0.905. The van der Waals surface area contributed by atoms with Crippen molar-refractivity contribution in [1.29, 1.82) is 0 Å². The van der Waals surface area contributed by atoms with Crippen molar-refractivity contribution < 1.29 is 14.3 Å². The summed E-state index contributed by atoms with van der Waals surface area (Å²) in [4.78, 5) is 28.8. The first-order valence-electron chi connectivity index (χ1n) is 9.26. The van der Waals surface area contributed by atoms with E-state index in [-0.39, 0.29) is 23.9 Å². The number of amides is 3. The van der Waals surface area contributed by atoms with Gasteiger partial charge in [-0.1, -0.05) is 30.3 Å². The largest absolute Gasteiger partial charge is 0.455 e. The van der Waals surface area contributed by atoms with E-state index in [9.17, 15) is 9.59 Å². The fraction of sp³-hybridized carbons (Fsp3) is 0.333. The molecule has 3 amide bonds. The van der Waals surface area contributed by atoms with Gasteiger partial charge in [0.05, 0.1) is 11.6 Å². The molecular formula is C21H23N3O3. The standard InChI is InChI=1S/C21H23N3O3/c1-23-16-12-11-15(20(23)25)13-24(14-16)21(26)22-18-9-5-6-10-19(18)27-17-7-3-2-4-8-17/h2-10,15-16H,11-14H2,1H3,(H,22,26)/t15-,16+/m0/s1. The maximum Gasteiger partial charge on any atom is 0.322 e. The van der Waals surface area contributed by atoms with Gasteiger partial charge in [0, 0.05) is 26.2 Å². The van der Waals surface area contributed by atoms with Crippen LogP contribution in [0.4, 0.5) is 10.5 Å².